The zero-order valence-electron chi connectivity index (χ0n) is 13.2. The number of rotatable bonds is 2. The predicted molar refractivity (Wildman–Crippen MR) is 83.3 cm³/mol. The van der Waals surface area contributed by atoms with Crippen molar-refractivity contribution in [3.63, 3.8) is 0 Å². The second-order valence-electron chi connectivity index (χ2n) is 6.62. The highest BCUT2D eigenvalue weighted by Gasteiger charge is 2.48. The molecule has 0 N–H and O–H groups in total. The van der Waals surface area contributed by atoms with Crippen LogP contribution in [0.4, 0.5) is 4.79 Å². The molecule has 4 saturated heterocycles. The molecular weight excluding hydrogens is 288 g/mol. The minimum atomic E-state index is -0.918. The summed E-state index contributed by atoms with van der Waals surface area (Å²) in [6.45, 7) is 9.30. The van der Waals surface area contributed by atoms with Gasteiger partial charge in [-0.3, -0.25) is 4.90 Å². The van der Waals surface area contributed by atoms with Gasteiger partial charge >= 0.3 is 6.03 Å². The molecule has 6 nitrogen and oxygen atoms in total. The number of hydrogen-bond donors (Lipinski definition) is 0. The van der Waals surface area contributed by atoms with Crippen LogP contribution in [-0.4, -0.2) is 92.9 Å². The molecule has 3 unspecified atom stereocenters. The highest BCUT2D eigenvalue weighted by molar-refractivity contribution is 7.81. The molecule has 0 aromatic carbocycles. The molecule has 0 saturated carbocycles. The predicted octanol–water partition coefficient (Wildman–Crippen LogP) is 0.184. The molecule has 3 atom stereocenters. The molecule has 21 heavy (non-hydrogen) atoms. The second-order valence-corrected chi connectivity index (χ2v) is 7.98. The molecule has 4 aliphatic heterocycles. The Bertz CT molecular complexity index is 425. The van der Waals surface area contributed by atoms with Gasteiger partial charge in [0.25, 0.3) is 0 Å². The third kappa shape index (κ3) is 2.83. The first-order valence-corrected chi connectivity index (χ1v) is 9.38. The first-order valence-electron chi connectivity index (χ1n) is 7.87. The monoisotopic (exact) mass is 314 g/mol. The number of amides is 2. The fourth-order valence-corrected chi connectivity index (χ4v) is 4.35. The number of carbonyl (C=O) groups excluding carboxylic acids is 1. The van der Waals surface area contributed by atoms with Crippen molar-refractivity contribution >= 4 is 17.0 Å². The Morgan fingerprint density at radius 2 is 1.67 bits per heavy atom. The van der Waals surface area contributed by atoms with E-state index in [0.717, 1.165) is 32.6 Å². The van der Waals surface area contributed by atoms with Gasteiger partial charge in [-0.2, -0.15) is 0 Å². The third-order valence-electron chi connectivity index (χ3n) is 5.05. The number of fused-ring (bicyclic) bond motifs is 2. The van der Waals surface area contributed by atoms with Crippen LogP contribution in [0.1, 0.15) is 20.3 Å². The molecule has 0 spiro atoms. The lowest BCUT2D eigenvalue weighted by molar-refractivity contribution is -0.0567. The molecule has 4 rings (SSSR count). The molecular formula is C14H26N4O2S. The van der Waals surface area contributed by atoms with E-state index < -0.39 is 11.0 Å². The largest absolute Gasteiger partial charge is 0.322 e. The maximum Gasteiger partial charge on any atom is 0.320 e. The number of piperidine rings is 1. The molecule has 0 aromatic heterocycles. The van der Waals surface area contributed by atoms with Crippen molar-refractivity contribution in [3.8, 4) is 0 Å². The van der Waals surface area contributed by atoms with Crippen LogP contribution >= 0.6 is 0 Å². The van der Waals surface area contributed by atoms with Gasteiger partial charge in [0.15, 0.2) is 0 Å². The quantitative estimate of drug-likeness (QED) is 0.731. The van der Waals surface area contributed by atoms with Crippen LogP contribution in [-0.2, 0) is 11.0 Å². The summed E-state index contributed by atoms with van der Waals surface area (Å²) >= 11 is 0. The van der Waals surface area contributed by atoms with Gasteiger partial charge in [-0.05, 0) is 20.3 Å². The maximum atomic E-state index is 12.7. The van der Waals surface area contributed by atoms with Crippen LogP contribution in [0.25, 0.3) is 0 Å². The van der Waals surface area contributed by atoms with E-state index in [0.29, 0.717) is 31.2 Å². The molecule has 2 bridgehead atoms. The highest BCUT2D eigenvalue weighted by atomic mass is 32.2. The van der Waals surface area contributed by atoms with E-state index >= 15 is 0 Å². The molecule has 4 aliphatic rings. The SMILES string of the molecule is CC(C)N1CC2CC(C1)N2C(=O)N1CCN(S(C)=O)CC1. The number of carbonyl (C=O) groups is 1. The summed E-state index contributed by atoms with van der Waals surface area (Å²) in [6, 6.07) is 1.56. The number of urea groups is 1. The van der Waals surface area contributed by atoms with E-state index in [4.69, 9.17) is 0 Å². The Balaban J connectivity index is 1.55. The molecule has 0 aromatic rings. The molecule has 0 aliphatic carbocycles. The van der Waals surface area contributed by atoms with E-state index in [9.17, 15) is 9.00 Å². The van der Waals surface area contributed by atoms with Crippen LogP contribution in [0.2, 0.25) is 0 Å². The van der Waals surface area contributed by atoms with Gasteiger partial charge < -0.3 is 9.80 Å². The minimum absolute atomic E-state index is 0.196. The normalized spacial score (nSPS) is 32.2. The molecule has 4 fully saturated rings. The average molecular weight is 314 g/mol. The summed E-state index contributed by atoms with van der Waals surface area (Å²) in [4.78, 5) is 19.2. The van der Waals surface area contributed by atoms with Crippen molar-refractivity contribution in [2.24, 2.45) is 0 Å². The molecule has 120 valence electrons. The van der Waals surface area contributed by atoms with Crippen molar-refractivity contribution in [1.29, 1.82) is 0 Å². The first kappa shape index (κ1) is 15.2. The Morgan fingerprint density at radius 3 is 2.14 bits per heavy atom. The van der Waals surface area contributed by atoms with Crippen molar-refractivity contribution in [2.45, 2.75) is 38.4 Å². The zero-order chi connectivity index (χ0) is 15.1. The Labute approximate surface area is 129 Å². The highest BCUT2D eigenvalue weighted by Crippen LogP contribution is 2.34. The van der Waals surface area contributed by atoms with Gasteiger partial charge in [0.1, 0.15) is 0 Å². The van der Waals surface area contributed by atoms with Crippen LogP contribution in [0, 0.1) is 0 Å². The van der Waals surface area contributed by atoms with Crippen molar-refractivity contribution in [3.05, 3.63) is 0 Å². The lowest BCUT2D eigenvalue weighted by Gasteiger charge is -2.58. The number of piperazine rings is 2. The third-order valence-corrected chi connectivity index (χ3v) is 6.14. The summed E-state index contributed by atoms with van der Waals surface area (Å²) in [5, 5.41) is 0. The molecule has 2 amide bonds. The van der Waals surface area contributed by atoms with Gasteiger partial charge in [0.05, 0.1) is 11.0 Å². The average Bonchev–Trinajstić information content (AvgIpc) is 2.47. The van der Waals surface area contributed by atoms with E-state index in [1.165, 1.54) is 0 Å². The second kappa shape index (κ2) is 5.85. The first-order chi connectivity index (χ1) is 9.97. The van der Waals surface area contributed by atoms with Crippen LogP contribution in [0.5, 0.6) is 0 Å². The summed E-state index contributed by atoms with van der Waals surface area (Å²) in [7, 11) is -0.918. The fourth-order valence-electron chi connectivity index (χ4n) is 3.68. The lowest BCUT2D eigenvalue weighted by Crippen LogP contribution is -2.73. The lowest BCUT2D eigenvalue weighted by atomic mass is 9.87. The summed E-state index contributed by atoms with van der Waals surface area (Å²) in [6.07, 6.45) is 2.87. The Hall–Kier alpha value is -0.660. The number of nitrogens with zero attached hydrogens (tertiary/aromatic N) is 4. The summed E-state index contributed by atoms with van der Waals surface area (Å²) in [5.74, 6) is 0. The van der Waals surface area contributed by atoms with Gasteiger partial charge in [0, 0.05) is 63.6 Å². The van der Waals surface area contributed by atoms with Gasteiger partial charge in [-0.15, -0.1) is 0 Å². The fraction of sp³-hybridized carbons (Fsp3) is 0.929. The van der Waals surface area contributed by atoms with E-state index in [1.54, 1.807) is 6.26 Å². The maximum absolute atomic E-state index is 12.7. The van der Waals surface area contributed by atoms with Crippen LogP contribution < -0.4 is 0 Å². The van der Waals surface area contributed by atoms with Crippen LogP contribution in [0.3, 0.4) is 0 Å². The van der Waals surface area contributed by atoms with E-state index in [1.807, 2.05) is 9.21 Å². The van der Waals surface area contributed by atoms with Crippen molar-refractivity contribution in [2.75, 3.05) is 45.5 Å². The van der Waals surface area contributed by atoms with Crippen molar-refractivity contribution in [1.82, 2.24) is 19.0 Å². The van der Waals surface area contributed by atoms with Crippen LogP contribution in [0.15, 0.2) is 0 Å². The topological polar surface area (TPSA) is 47.1 Å². The van der Waals surface area contributed by atoms with Crippen molar-refractivity contribution < 1.29 is 9.00 Å². The van der Waals surface area contributed by atoms with Gasteiger partial charge in [-0.1, -0.05) is 0 Å². The zero-order valence-corrected chi connectivity index (χ0v) is 14.0. The summed E-state index contributed by atoms with van der Waals surface area (Å²) in [5.41, 5.74) is 0. The van der Waals surface area contributed by atoms with E-state index in [2.05, 4.69) is 23.6 Å². The standard InChI is InChI=1S/C14H26N4O2S/c1-11(2)16-9-12-8-13(10-16)18(12)14(19)15-4-6-17(7-5-15)21(3)20/h11-13H,4-10H2,1-3H3. The smallest absolute Gasteiger partial charge is 0.320 e. The van der Waals surface area contributed by atoms with E-state index in [-0.39, 0.29) is 6.03 Å². The molecule has 7 heteroatoms. The molecule has 4 heterocycles. The minimum Gasteiger partial charge on any atom is -0.322 e. The summed E-state index contributed by atoms with van der Waals surface area (Å²) < 4.78 is 13.4. The Kier molecular flexibility index (Phi) is 4.25. The Morgan fingerprint density at radius 1 is 1.10 bits per heavy atom. The molecule has 0 radical (unpaired) electrons. The number of hydrogen-bond acceptors (Lipinski definition) is 3. The van der Waals surface area contributed by atoms with Gasteiger partial charge in [0.2, 0.25) is 0 Å². The van der Waals surface area contributed by atoms with Gasteiger partial charge in [-0.25, -0.2) is 13.3 Å².